The molecule has 3 aromatic rings. The molecule has 1 aliphatic rings. The molecule has 4 rings (SSSR count). The first-order valence-electron chi connectivity index (χ1n) is 7.97. The molecule has 0 saturated heterocycles. The summed E-state index contributed by atoms with van der Waals surface area (Å²) in [6.07, 6.45) is -3.85. The summed E-state index contributed by atoms with van der Waals surface area (Å²) >= 11 is 0. The Balaban J connectivity index is 1.80. The molecule has 1 aromatic heterocycles. The van der Waals surface area contributed by atoms with E-state index in [9.17, 15) is 23.1 Å². The molecule has 2 unspecified atom stereocenters. The first-order valence-corrected chi connectivity index (χ1v) is 7.97. The molecule has 26 heavy (non-hydrogen) atoms. The van der Waals surface area contributed by atoms with E-state index in [1.165, 1.54) is 0 Å². The largest absolute Gasteiger partial charge is 0.477 e. The molecule has 0 aliphatic carbocycles. The molecule has 2 atom stereocenters. The highest BCUT2D eigenvalue weighted by Crippen LogP contribution is 2.44. The molecule has 5 nitrogen and oxygen atoms in total. The van der Waals surface area contributed by atoms with Gasteiger partial charge in [0.25, 0.3) is 0 Å². The number of carboxylic acid groups (broad SMARTS) is 1. The van der Waals surface area contributed by atoms with Gasteiger partial charge in [-0.1, -0.05) is 36.4 Å². The maximum atomic E-state index is 13.5. The van der Waals surface area contributed by atoms with E-state index in [1.807, 2.05) is 36.4 Å². The van der Waals surface area contributed by atoms with Gasteiger partial charge < -0.3 is 10.4 Å². The van der Waals surface area contributed by atoms with E-state index in [1.54, 1.807) is 6.07 Å². The van der Waals surface area contributed by atoms with E-state index in [0.29, 0.717) is 5.56 Å². The Bertz CT molecular complexity index is 997. The van der Waals surface area contributed by atoms with Crippen molar-refractivity contribution in [1.82, 2.24) is 9.78 Å². The van der Waals surface area contributed by atoms with E-state index < -0.39 is 24.2 Å². The van der Waals surface area contributed by atoms with Crippen LogP contribution in [0.1, 0.15) is 34.4 Å². The number of nitrogens with one attached hydrogen (secondary N) is 1. The first-order chi connectivity index (χ1) is 12.3. The van der Waals surface area contributed by atoms with Crippen LogP contribution in [0.2, 0.25) is 0 Å². The second-order valence-electron chi connectivity index (χ2n) is 6.25. The van der Waals surface area contributed by atoms with Crippen LogP contribution < -0.4 is 5.32 Å². The minimum atomic E-state index is -4.53. The summed E-state index contributed by atoms with van der Waals surface area (Å²) in [5.74, 6) is -1.44. The van der Waals surface area contributed by atoms with Crippen LogP contribution in [0.25, 0.3) is 10.8 Å². The van der Waals surface area contributed by atoms with E-state index >= 15 is 0 Å². The number of carbonyl (C=O) groups is 1. The first kappa shape index (κ1) is 16.4. The lowest BCUT2D eigenvalue weighted by Gasteiger charge is -2.34. The number of hydrogen-bond acceptors (Lipinski definition) is 3. The number of nitrogens with zero attached hydrogens (tertiary/aromatic N) is 2. The van der Waals surface area contributed by atoms with Crippen molar-refractivity contribution in [3.05, 3.63) is 59.8 Å². The van der Waals surface area contributed by atoms with Crippen molar-refractivity contribution >= 4 is 22.6 Å². The zero-order valence-corrected chi connectivity index (χ0v) is 13.4. The average molecular weight is 361 g/mol. The van der Waals surface area contributed by atoms with Gasteiger partial charge in [0.05, 0.1) is 12.2 Å². The standard InChI is InChI=1S/C18H14F3N3O2/c19-18(20,21)15-8-14(23-16-13(17(25)26)9-22-24(15)16)12-6-5-10-3-1-2-4-11(10)7-12/h1-7,9,14-15,23H,8H2,(H,25,26). The summed E-state index contributed by atoms with van der Waals surface area (Å²) in [5, 5.41) is 17.7. The molecule has 2 heterocycles. The number of rotatable bonds is 2. The van der Waals surface area contributed by atoms with Crippen LogP contribution in [0, 0.1) is 0 Å². The Hall–Kier alpha value is -3.03. The van der Waals surface area contributed by atoms with Crippen molar-refractivity contribution in [2.45, 2.75) is 24.7 Å². The predicted molar refractivity (Wildman–Crippen MR) is 89.2 cm³/mol. The van der Waals surface area contributed by atoms with Crippen molar-refractivity contribution in [3.8, 4) is 0 Å². The molecule has 0 amide bonds. The molecule has 134 valence electrons. The lowest BCUT2D eigenvalue weighted by atomic mass is 9.94. The minimum Gasteiger partial charge on any atom is -0.477 e. The van der Waals surface area contributed by atoms with Gasteiger partial charge in [-0.3, -0.25) is 0 Å². The molecular formula is C18H14F3N3O2. The molecule has 0 bridgehead atoms. The normalized spacial score (nSPS) is 19.8. The van der Waals surface area contributed by atoms with Crippen LogP contribution in [-0.4, -0.2) is 27.0 Å². The molecule has 2 N–H and O–H groups in total. The number of alkyl halides is 3. The van der Waals surface area contributed by atoms with Gasteiger partial charge in [-0.15, -0.1) is 0 Å². The lowest BCUT2D eigenvalue weighted by Crippen LogP contribution is -2.36. The monoisotopic (exact) mass is 361 g/mol. The number of anilines is 1. The van der Waals surface area contributed by atoms with Crippen molar-refractivity contribution in [2.24, 2.45) is 0 Å². The molecule has 8 heteroatoms. The summed E-state index contributed by atoms with van der Waals surface area (Å²) < 4.78 is 41.3. The number of benzene rings is 2. The molecule has 2 aromatic carbocycles. The third-order valence-corrected chi connectivity index (χ3v) is 4.64. The average Bonchev–Trinajstić information content (AvgIpc) is 3.03. The number of aromatic carboxylic acids is 1. The van der Waals surface area contributed by atoms with Gasteiger partial charge in [-0.2, -0.15) is 18.3 Å². The third-order valence-electron chi connectivity index (χ3n) is 4.64. The molecule has 0 spiro atoms. The molecule has 0 saturated carbocycles. The van der Waals surface area contributed by atoms with E-state index in [0.717, 1.165) is 21.7 Å². The minimum absolute atomic E-state index is 0.121. The highest BCUT2D eigenvalue weighted by atomic mass is 19.4. The summed E-state index contributed by atoms with van der Waals surface area (Å²) in [7, 11) is 0. The summed E-state index contributed by atoms with van der Waals surface area (Å²) in [6.45, 7) is 0. The highest BCUT2D eigenvalue weighted by molar-refractivity contribution is 5.93. The third kappa shape index (κ3) is 2.67. The molecule has 1 aliphatic heterocycles. The van der Waals surface area contributed by atoms with E-state index in [-0.39, 0.29) is 17.8 Å². The van der Waals surface area contributed by atoms with Gasteiger partial charge in [0.1, 0.15) is 11.4 Å². The fraction of sp³-hybridized carbons (Fsp3) is 0.222. The van der Waals surface area contributed by atoms with Gasteiger partial charge in [0.2, 0.25) is 0 Å². The van der Waals surface area contributed by atoms with Crippen LogP contribution >= 0.6 is 0 Å². The van der Waals surface area contributed by atoms with Crippen molar-refractivity contribution in [2.75, 3.05) is 5.32 Å². The quantitative estimate of drug-likeness (QED) is 0.710. The fourth-order valence-electron chi connectivity index (χ4n) is 3.36. The maximum absolute atomic E-state index is 13.5. The smallest absolute Gasteiger partial charge is 0.410 e. The predicted octanol–water partition coefficient (Wildman–Crippen LogP) is 4.39. The van der Waals surface area contributed by atoms with Crippen LogP contribution in [0.15, 0.2) is 48.7 Å². The number of fused-ring (bicyclic) bond motifs is 2. The molecular weight excluding hydrogens is 347 g/mol. The van der Waals surface area contributed by atoms with Crippen LogP contribution in [0.3, 0.4) is 0 Å². The topological polar surface area (TPSA) is 67.1 Å². The van der Waals surface area contributed by atoms with Gasteiger partial charge in [0, 0.05) is 6.42 Å². The Morgan fingerprint density at radius 3 is 2.62 bits per heavy atom. The highest BCUT2D eigenvalue weighted by Gasteiger charge is 2.47. The summed E-state index contributed by atoms with van der Waals surface area (Å²) in [6, 6.07) is 10.4. The second-order valence-corrected chi connectivity index (χ2v) is 6.25. The SMILES string of the molecule is O=C(O)c1cnn2c1NC(c1ccc3ccccc3c1)CC2C(F)(F)F. The van der Waals surface area contributed by atoms with Crippen LogP contribution in [0.4, 0.5) is 19.0 Å². The Morgan fingerprint density at radius 2 is 1.92 bits per heavy atom. The maximum Gasteiger partial charge on any atom is 0.410 e. The van der Waals surface area contributed by atoms with Crippen molar-refractivity contribution < 1.29 is 23.1 Å². The van der Waals surface area contributed by atoms with Gasteiger partial charge in [-0.05, 0) is 22.4 Å². The fourth-order valence-corrected chi connectivity index (χ4v) is 3.36. The number of aromatic nitrogens is 2. The van der Waals surface area contributed by atoms with Crippen molar-refractivity contribution in [1.29, 1.82) is 0 Å². The Labute approximate surface area is 146 Å². The van der Waals surface area contributed by atoms with Gasteiger partial charge >= 0.3 is 12.1 Å². The number of carboxylic acids is 1. The summed E-state index contributed by atoms with van der Waals surface area (Å²) in [5.41, 5.74) is 0.395. The molecule has 0 radical (unpaired) electrons. The van der Waals surface area contributed by atoms with E-state index in [2.05, 4.69) is 10.4 Å². The number of hydrogen-bond donors (Lipinski definition) is 2. The zero-order valence-electron chi connectivity index (χ0n) is 13.4. The van der Waals surface area contributed by atoms with E-state index in [4.69, 9.17) is 0 Å². The lowest BCUT2D eigenvalue weighted by molar-refractivity contribution is -0.173. The number of halogens is 3. The Kier molecular flexibility index (Phi) is 3.64. The Morgan fingerprint density at radius 1 is 1.19 bits per heavy atom. The summed E-state index contributed by atoms with van der Waals surface area (Å²) in [4.78, 5) is 11.3. The molecule has 0 fully saturated rings. The van der Waals surface area contributed by atoms with Crippen molar-refractivity contribution in [3.63, 3.8) is 0 Å². The second kappa shape index (κ2) is 5.76. The van der Waals surface area contributed by atoms with Crippen LogP contribution in [-0.2, 0) is 0 Å². The van der Waals surface area contributed by atoms with Gasteiger partial charge in [-0.25, -0.2) is 9.48 Å². The zero-order chi connectivity index (χ0) is 18.5. The van der Waals surface area contributed by atoms with Crippen LogP contribution in [0.5, 0.6) is 0 Å². The van der Waals surface area contributed by atoms with Gasteiger partial charge in [0.15, 0.2) is 6.04 Å².